The number of amides is 2. The van der Waals surface area contributed by atoms with E-state index in [9.17, 15) is 43.5 Å². The third-order valence-electron chi connectivity index (χ3n) is 21.1. The van der Waals surface area contributed by atoms with Gasteiger partial charge in [0.05, 0.1) is 110 Å². The second-order valence-corrected chi connectivity index (χ2v) is 27.1. The maximum absolute atomic E-state index is 13.1. The average Bonchev–Trinajstić information content (AvgIpc) is 1.63. The van der Waals surface area contributed by atoms with Crippen LogP contribution in [0, 0.1) is 118 Å². The first-order valence-electron chi connectivity index (χ1n) is 36.0. The van der Waals surface area contributed by atoms with Crippen molar-refractivity contribution in [1.82, 2.24) is 24.5 Å². The molecule has 0 aliphatic carbocycles. The summed E-state index contributed by atoms with van der Waals surface area (Å²) in [6.45, 7) is 13.3. The normalized spacial score (nSPS) is 28.1. The van der Waals surface area contributed by atoms with Crippen LogP contribution in [0.1, 0.15) is 118 Å². The van der Waals surface area contributed by atoms with Crippen molar-refractivity contribution < 1.29 is 130 Å². The van der Waals surface area contributed by atoms with Gasteiger partial charge in [-0.1, -0.05) is 118 Å². The van der Waals surface area contributed by atoms with Crippen molar-refractivity contribution in [3.63, 3.8) is 0 Å². The van der Waals surface area contributed by atoms with E-state index in [0.717, 1.165) is 104 Å². The van der Waals surface area contributed by atoms with Crippen LogP contribution in [0.5, 0.6) is 0 Å². The topological polar surface area (TPSA) is 356 Å². The van der Waals surface area contributed by atoms with E-state index < -0.39 is 47.5 Å². The van der Waals surface area contributed by atoms with Crippen molar-refractivity contribution in [3.05, 3.63) is 108 Å². The molecule has 2 amide bonds. The summed E-state index contributed by atoms with van der Waals surface area (Å²) >= 11 is 0. The molecule has 8 bridgehead atoms. The van der Waals surface area contributed by atoms with Crippen molar-refractivity contribution in [2.24, 2.45) is 47.3 Å². The van der Waals surface area contributed by atoms with Crippen LogP contribution in [0.2, 0.25) is 0 Å². The number of aliphatic carboxylic acids is 2. The van der Waals surface area contributed by atoms with Gasteiger partial charge < -0.3 is 63.8 Å². The molecule has 109 heavy (non-hydrogen) atoms. The van der Waals surface area contributed by atoms with E-state index in [-0.39, 0.29) is 155 Å². The van der Waals surface area contributed by atoms with Gasteiger partial charge >= 0.3 is 65.4 Å². The van der Waals surface area contributed by atoms with Crippen LogP contribution >= 0.6 is 0 Å². The van der Waals surface area contributed by atoms with Crippen LogP contribution in [0.25, 0.3) is 0 Å². The number of carboxylic acid groups (broad SMARTS) is 2. The minimum absolute atomic E-state index is 0. The SMILES string of the molecule is C.C.C#CC#CC#CC#CC#CC.CO.COC(=O)C1C2CCC(O2)C1C(=O)N1CCN(Cc2ccccc2)CC1.COC(=O)C1C2CCC(O2)C1C(=O)O.N#N.O=C(O)C1C2CCC(O2)C1C(=O)N1CCN(Cc2ccccc2)CC1.O=C1OC(=O)C2C3CCC(O3)C12.[HH].[HH].[HH].[HH].[HH].[HH].[Na+].[OH-].c1ccc(CN2CCCCC2)cc1. The number of ether oxygens (including phenoxy) is 7. The van der Waals surface area contributed by atoms with Gasteiger partial charge in [-0.15, -0.1) is 6.42 Å². The fraction of sp³-hybridized carbons (Fsp3) is 0.561. The minimum Gasteiger partial charge on any atom is -0.870 e. The van der Waals surface area contributed by atoms with Gasteiger partial charge in [0.25, 0.3) is 0 Å². The number of likely N-dealkylation sites (tertiary alicyclic amines) is 1. The molecule has 3 aromatic rings. The standard InChI is InChI=1S/C20H26N2O4.C19H24N2O4.C12H17N.C11H4.C9H12O5.C8H8O4.CH4O.2CH4.N2.Na.H2O.6H2/c1-25-20(24)18-16-8-7-15(26-16)17(18)19(23)22-11-9-21(10-12-22)13-14-5-3-2-4-6-14;22-18(16-14-6-7-15(25-14)17(16)19(23)24)21-10-8-20(9-11-21)12-13-4-2-1-3-5-13;1-3-7-12(8-4-1)11-13-9-5-2-6-10-13;1-3-5-7-9-11-10-8-6-4-2;1-13-9(12)7-5-3-2-4(14-5)6(7)8(10)11;9-7-5-3-1-2-4(11-3)6(5)8(10)12-7;1-2;;;1-2;;;;;;;;/h2-6,15-18H,7-13H2,1H3;1-5,14-17H,6-12H2,(H,23,24);1,3-4,7-8H,2,5-6,9-11H2;1H,2H3;4-7H,2-3H2,1H3,(H,10,11);3-6H,1-2H2;2H,1H3;2*1H4;;;1H2;6*1H/q;;;;;;;;;;+1;;;;;;;/p-1. The number of hydrogen-bond donors (Lipinski definition) is 3. The Bertz CT molecular complexity index is 3770. The molecule has 26 nitrogen and oxygen atoms in total. The number of fused-ring (bicyclic) bond motifs is 11. The average molecular weight is 1530 g/mol. The molecule has 0 aromatic heterocycles. The Balaban J connectivity index is -0.00000131. The zero-order valence-electron chi connectivity index (χ0n) is 61.5. The summed E-state index contributed by atoms with van der Waals surface area (Å²) in [5, 5.41) is 37.5. The summed E-state index contributed by atoms with van der Waals surface area (Å²) < 4.78 is 36.5. The number of terminal acetylenes is 1. The molecule has 12 saturated heterocycles. The van der Waals surface area contributed by atoms with Crippen LogP contribution in [-0.2, 0) is 91.1 Å². The van der Waals surface area contributed by atoms with Crippen LogP contribution in [-0.4, -0.2) is 229 Å². The van der Waals surface area contributed by atoms with Crippen LogP contribution < -0.4 is 29.6 Å². The Labute approximate surface area is 672 Å². The summed E-state index contributed by atoms with van der Waals surface area (Å²) in [6.07, 6.45) is 14.2. The fourth-order valence-corrected chi connectivity index (χ4v) is 16.2. The molecular formula is C82H116N7NaO19. The second-order valence-electron chi connectivity index (χ2n) is 27.1. The van der Waals surface area contributed by atoms with Crippen molar-refractivity contribution in [3.8, 4) is 59.7 Å². The number of rotatable bonds is 12. The monoisotopic (exact) mass is 1530 g/mol. The van der Waals surface area contributed by atoms with Gasteiger partial charge in [0.15, 0.2) is 0 Å². The Morgan fingerprint density at radius 3 is 1.07 bits per heavy atom. The third-order valence-corrected chi connectivity index (χ3v) is 21.1. The number of piperazine rings is 2. The van der Waals surface area contributed by atoms with E-state index in [0.29, 0.717) is 26.2 Å². The number of carboxylic acids is 2. The molecule has 0 spiro atoms. The molecule has 594 valence electrons. The van der Waals surface area contributed by atoms with Crippen molar-refractivity contribution >= 4 is 47.6 Å². The maximum Gasteiger partial charge on any atom is 1.00 e. The van der Waals surface area contributed by atoms with Crippen molar-refractivity contribution in [2.75, 3.05) is 86.8 Å². The van der Waals surface area contributed by atoms with Gasteiger partial charge in [0.1, 0.15) is 0 Å². The number of esters is 4. The molecular weight excluding hydrogens is 1410 g/mol. The van der Waals surface area contributed by atoms with E-state index >= 15 is 0 Å². The number of carbonyl (C=O) groups excluding carboxylic acids is 6. The molecule has 0 saturated carbocycles. The Kier molecular flexibility index (Phi) is 40.5. The first kappa shape index (κ1) is 92.9. The summed E-state index contributed by atoms with van der Waals surface area (Å²) in [7, 11) is 3.66. The van der Waals surface area contributed by atoms with Gasteiger partial charge in [-0.2, -0.15) is 0 Å². The van der Waals surface area contributed by atoms with Gasteiger partial charge in [-0.25, -0.2) is 0 Å². The summed E-state index contributed by atoms with van der Waals surface area (Å²) in [6, 6.07) is 31.5. The molecule has 3 aromatic carbocycles. The number of methoxy groups -OCH3 is 2. The number of nitrogens with zero attached hydrogens (tertiary/aromatic N) is 7. The second kappa shape index (κ2) is 47.5. The van der Waals surface area contributed by atoms with E-state index in [1.165, 1.54) is 63.3 Å². The predicted octanol–water partition coefficient (Wildman–Crippen LogP) is 4.95. The number of hydrogen-bond acceptors (Lipinski definition) is 22. The molecule has 12 aliphatic heterocycles. The number of aliphatic hydroxyl groups is 1. The quantitative estimate of drug-likeness (QED) is 0.0539. The molecule has 16 atom stereocenters. The smallest absolute Gasteiger partial charge is 0.870 e. The zero-order valence-corrected chi connectivity index (χ0v) is 63.5. The summed E-state index contributed by atoms with van der Waals surface area (Å²) in [4.78, 5) is 105. The third kappa shape index (κ3) is 24.7. The van der Waals surface area contributed by atoms with Crippen LogP contribution in [0.3, 0.4) is 0 Å². The first-order chi connectivity index (χ1) is 51.1. The summed E-state index contributed by atoms with van der Waals surface area (Å²) in [5.41, 5.74) is 4.01. The molecule has 15 rings (SSSR count). The van der Waals surface area contributed by atoms with Gasteiger partial charge in [0.2, 0.25) is 11.8 Å². The molecule has 12 heterocycles. The first-order valence-corrected chi connectivity index (χ1v) is 36.0. The fourth-order valence-electron chi connectivity index (χ4n) is 16.2. The largest absolute Gasteiger partial charge is 1.00 e. The van der Waals surface area contributed by atoms with Gasteiger partial charge in [0, 0.05) is 98.4 Å². The van der Waals surface area contributed by atoms with Gasteiger partial charge in [-0.05, 0) is 148 Å². The number of aliphatic hydroxyl groups excluding tert-OH is 1. The zero-order chi connectivity index (χ0) is 75.4. The number of piperidine rings is 1. The van der Waals surface area contributed by atoms with Gasteiger partial charge in [-0.3, -0.25) is 53.1 Å². The molecule has 0 radical (unpaired) electrons. The maximum atomic E-state index is 13.1. The van der Waals surface area contributed by atoms with Crippen LogP contribution in [0.4, 0.5) is 0 Å². The van der Waals surface area contributed by atoms with E-state index in [1.54, 1.807) is 6.92 Å². The van der Waals surface area contributed by atoms with E-state index in [4.69, 9.17) is 51.1 Å². The molecule has 4 N–H and O–H groups in total. The molecule has 12 aliphatic rings. The number of benzene rings is 3. The van der Waals surface area contributed by atoms with E-state index in [2.05, 4.69) is 144 Å². The molecule has 27 heteroatoms. The predicted molar refractivity (Wildman–Crippen MR) is 407 cm³/mol. The molecule has 16 unspecified atom stereocenters. The van der Waals surface area contributed by atoms with Crippen molar-refractivity contribution in [2.45, 2.75) is 161 Å². The minimum atomic E-state index is -0.965. The Hall–Kier alpha value is -8.52. The van der Waals surface area contributed by atoms with E-state index in [1.807, 2.05) is 34.1 Å². The Morgan fingerprint density at radius 1 is 0.450 bits per heavy atom. The van der Waals surface area contributed by atoms with Crippen LogP contribution in [0.15, 0.2) is 91.0 Å². The number of cyclic esters (lactones) is 2. The number of carbonyl (C=O) groups is 8. The van der Waals surface area contributed by atoms with Crippen molar-refractivity contribution in [1.29, 1.82) is 10.8 Å². The Morgan fingerprint density at radius 2 is 0.734 bits per heavy atom. The molecule has 12 fully saturated rings. The summed E-state index contributed by atoms with van der Waals surface area (Å²) in [5.74, 6) is 14.7.